The molecule has 20 heavy (non-hydrogen) atoms. The van der Waals surface area contributed by atoms with Gasteiger partial charge in [-0.25, -0.2) is 13.8 Å². The molecule has 0 radical (unpaired) electrons. The molecule has 0 fully saturated rings. The molecule has 0 saturated carbocycles. The first-order valence-corrected chi connectivity index (χ1v) is 6.78. The maximum atomic E-state index is 13.3. The minimum absolute atomic E-state index is 0.0943. The van der Waals surface area contributed by atoms with Gasteiger partial charge in [0, 0.05) is 31.4 Å². The molecule has 1 aromatic heterocycles. The van der Waals surface area contributed by atoms with Gasteiger partial charge in [0.25, 0.3) is 0 Å². The molecule has 1 atom stereocenters. The van der Waals surface area contributed by atoms with Gasteiger partial charge >= 0.3 is 0 Å². The molecule has 0 spiro atoms. The van der Waals surface area contributed by atoms with Crippen molar-refractivity contribution in [2.45, 2.75) is 32.4 Å². The van der Waals surface area contributed by atoms with Crippen LogP contribution in [0.1, 0.15) is 30.8 Å². The molecule has 0 aliphatic rings. The van der Waals surface area contributed by atoms with E-state index in [9.17, 15) is 8.78 Å². The summed E-state index contributed by atoms with van der Waals surface area (Å²) in [7, 11) is 1.80. The number of hydrogen-bond donors (Lipinski definition) is 1. The van der Waals surface area contributed by atoms with Crippen molar-refractivity contribution in [3.8, 4) is 0 Å². The summed E-state index contributed by atoms with van der Waals surface area (Å²) in [6.45, 7) is 3.01. The van der Waals surface area contributed by atoms with Crippen LogP contribution in [0.3, 0.4) is 0 Å². The molecule has 0 saturated heterocycles. The molecule has 1 aromatic carbocycles. The van der Waals surface area contributed by atoms with E-state index >= 15 is 0 Å². The predicted octanol–water partition coefficient (Wildman–Crippen LogP) is 3.07. The van der Waals surface area contributed by atoms with Gasteiger partial charge in [-0.15, -0.1) is 0 Å². The van der Waals surface area contributed by atoms with E-state index < -0.39 is 11.6 Å². The first-order valence-electron chi connectivity index (χ1n) is 6.78. The van der Waals surface area contributed by atoms with E-state index in [-0.39, 0.29) is 6.04 Å². The fraction of sp³-hybridized carbons (Fsp3) is 0.400. The highest BCUT2D eigenvalue weighted by Gasteiger charge is 2.15. The Morgan fingerprint density at radius 2 is 2.10 bits per heavy atom. The standard InChI is InChI=1S/C15H19F2N3/c1-3-7-20-8-6-19-15(20)10-14(18-2)11-4-5-12(16)13(17)9-11/h4-6,8-9,14,18H,3,7,10H2,1-2H3. The van der Waals surface area contributed by atoms with Gasteiger partial charge in [-0.2, -0.15) is 0 Å². The topological polar surface area (TPSA) is 29.9 Å². The van der Waals surface area contributed by atoms with E-state index in [1.54, 1.807) is 19.3 Å². The molecule has 108 valence electrons. The molecule has 5 heteroatoms. The summed E-state index contributed by atoms with van der Waals surface area (Å²) < 4.78 is 28.4. The third-order valence-electron chi connectivity index (χ3n) is 3.35. The molecule has 1 unspecified atom stereocenters. The molecule has 2 rings (SSSR count). The molecule has 3 nitrogen and oxygen atoms in total. The van der Waals surface area contributed by atoms with Crippen molar-refractivity contribution in [3.05, 3.63) is 53.6 Å². The van der Waals surface area contributed by atoms with Crippen LogP contribution in [0.25, 0.3) is 0 Å². The van der Waals surface area contributed by atoms with Crippen LogP contribution < -0.4 is 5.32 Å². The Morgan fingerprint density at radius 3 is 2.75 bits per heavy atom. The fourth-order valence-electron chi connectivity index (χ4n) is 2.27. The number of nitrogens with one attached hydrogen (secondary N) is 1. The van der Waals surface area contributed by atoms with Gasteiger partial charge in [0.05, 0.1) is 0 Å². The van der Waals surface area contributed by atoms with Gasteiger partial charge in [-0.1, -0.05) is 13.0 Å². The SMILES string of the molecule is CCCn1ccnc1CC(NC)c1ccc(F)c(F)c1. The largest absolute Gasteiger partial charge is 0.335 e. The Labute approximate surface area is 117 Å². The lowest BCUT2D eigenvalue weighted by Gasteiger charge is -2.17. The number of rotatable bonds is 6. The van der Waals surface area contributed by atoms with Gasteiger partial charge in [-0.05, 0) is 31.2 Å². The second-order valence-electron chi connectivity index (χ2n) is 4.76. The monoisotopic (exact) mass is 279 g/mol. The van der Waals surface area contributed by atoms with Crippen LogP contribution >= 0.6 is 0 Å². The van der Waals surface area contributed by atoms with Crippen LogP contribution in [0, 0.1) is 11.6 Å². The van der Waals surface area contributed by atoms with Crippen molar-refractivity contribution in [2.75, 3.05) is 7.05 Å². The van der Waals surface area contributed by atoms with Crippen molar-refractivity contribution >= 4 is 0 Å². The lowest BCUT2D eigenvalue weighted by molar-refractivity contribution is 0.497. The van der Waals surface area contributed by atoms with Gasteiger partial charge in [0.1, 0.15) is 5.82 Å². The fourth-order valence-corrected chi connectivity index (χ4v) is 2.27. The van der Waals surface area contributed by atoms with Crippen LogP contribution in [0.5, 0.6) is 0 Å². The molecule has 1 N–H and O–H groups in total. The van der Waals surface area contributed by atoms with Crippen LogP contribution in [-0.2, 0) is 13.0 Å². The smallest absolute Gasteiger partial charge is 0.159 e. The van der Waals surface area contributed by atoms with Crippen LogP contribution in [0.2, 0.25) is 0 Å². The third kappa shape index (κ3) is 3.22. The number of imidazole rings is 1. The third-order valence-corrected chi connectivity index (χ3v) is 3.35. The van der Waals surface area contributed by atoms with E-state index in [4.69, 9.17) is 0 Å². The lowest BCUT2D eigenvalue weighted by Crippen LogP contribution is -2.21. The number of likely N-dealkylation sites (N-methyl/N-ethyl adjacent to an activating group) is 1. The maximum absolute atomic E-state index is 13.3. The van der Waals surface area contributed by atoms with E-state index in [1.165, 1.54) is 6.07 Å². The molecule has 1 heterocycles. The quantitative estimate of drug-likeness (QED) is 0.880. The lowest BCUT2D eigenvalue weighted by atomic mass is 10.0. The highest BCUT2D eigenvalue weighted by molar-refractivity contribution is 5.22. The minimum atomic E-state index is -0.823. The molecule has 0 aliphatic heterocycles. The van der Waals surface area contributed by atoms with Crippen molar-refractivity contribution in [1.29, 1.82) is 0 Å². The summed E-state index contributed by atoms with van der Waals surface area (Å²) in [6, 6.07) is 3.91. The number of aryl methyl sites for hydroxylation is 1. The normalized spacial score (nSPS) is 12.6. The summed E-state index contributed by atoms with van der Waals surface area (Å²) in [4.78, 5) is 4.34. The first kappa shape index (κ1) is 14.7. The summed E-state index contributed by atoms with van der Waals surface area (Å²) in [5, 5.41) is 3.13. The van der Waals surface area contributed by atoms with Crippen molar-refractivity contribution < 1.29 is 8.78 Å². The van der Waals surface area contributed by atoms with E-state index in [0.29, 0.717) is 6.42 Å². The van der Waals surface area contributed by atoms with Crippen molar-refractivity contribution in [1.82, 2.24) is 14.9 Å². The van der Waals surface area contributed by atoms with Gasteiger partial charge in [-0.3, -0.25) is 0 Å². The minimum Gasteiger partial charge on any atom is -0.335 e. The zero-order chi connectivity index (χ0) is 14.5. The molecular weight excluding hydrogens is 260 g/mol. The number of benzene rings is 1. The number of aromatic nitrogens is 2. The second-order valence-corrected chi connectivity index (χ2v) is 4.76. The Morgan fingerprint density at radius 1 is 1.30 bits per heavy atom. The number of halogens is 2. The van der Waals surface area contributed by atoms with Crippen LogP contribution in [0.4, 0.5) is 8.78 Å². The summed E-state index contributed by atoms with van der Waals surface area (Å²) in [5.74, 6) is -0.702. The number of nitrogens with zero attached hydrogens (tertiary/aromatic N) is 2. The first-order chi connectivity index (χ1) is 9.65. The molecular formula is C15H19F2N3. The Kier molecular flexibility index (Phi) is 4.84. The van der Waals surface area contributed by atoms with Crippen LogP contribution in [0.15, 0.2) is 30.6 Å². The van der Waals surface area contributed by atoms with Gasteiger partial charge in [0.15, 0.2) is 11.6 Å². The predicted molar refractivity (Wildman–Crippen MR) is 74.4 cm³/mol. The molecule has 0 bridgehead atoms. The molecule has 0 aliphatic carbocycles. The van der Waals surface area contributed by atoms with Gasteiger partial charge in [0.2, 0.25) is 0 Å². The highest BCUT2D eigenvalue weighted by Crippen LogP contribution is 2.20. The average molecular weight is 279 g/mol. The van der Waals surface area contributed by atoms with Crippen molar-refractivity contribution in [3.63, 3.8) is 0 Å². The van der Waals surface area contributed by atoms with E-state index in [2.05, 4.69) is 21.8 Å². The van der Waals surface area contributed by atoms with Gasteiger partial charge < -0.3 is 9.88 Å². The Balaban J connectivity index is 2.19. The number of hydrogen-bond acceptors (Lipinski definition) is 2. The van der Waals surface area contributed by atoms with E-state index in [0.717, 1.165) is 30.4 Å². The van der Waals surface area contributed by atoms with E-state index in [1.807, 2.05) is 6.20 Å². The zero-order valence-electron chi connectivity index (χ0n) is 11.7. The summed E-state index contributed by atoms with van der Waals surface area (Å²) in [5.41, 5.74) is 0.720. The maximum Gasteiger partial charge on any atom is 0.159 e. The molecule has 0 amide bonds. The summed E-state index contributed by atoms with van der Waals surface area (Å²) in [6.07, 6.45) is 5.37. The van der Waals surface area contributed by atoms with Crippen LogP contribution in [-0.4, -0.2) is 16.6 Å². The molecule has 2 aromatic rings. The average Bonchev–Trinajstić information content (AvgIpc) is 2.87. The van der Waals surface area contributed by atoms with Crippen molar-refractivity contribution in [2.24, 2.45) is 0 Å². The Hall–Kier alpha value is -1.75. The highest BCUT2D eigenvalue weighted by atomic mass is 19.2. The zero-order valence-corrected chi connectivity index (χ0v) is 11.7. The Bertz CT molecular complexity index is 566. The second kappa shape index (κ2) is 6.61. The summed E-state index contributed by atoms with van der Waals surface area (Å²) >= 11 is 0.